The first-order valence-electron chi connectivity index (χ1n) is 18.2. The lowest BCUT2D eigenvalue weighted by Crippen LogP contribution is -2.43. The minimum absolute atomic E-state index is 0.0161. The number of carboxylic acids is 1. The number of halogens is 3. The molecule has 52 heavy (non-hydrogen) atoms. The molecule has 4 aliphatic rings. The summed E-state index contributed by atoms with van der Waals surface area (Å²) >= 11 is 6.95. The van der Waals surface area contributed by atoms with Crippen LogP contribution in [-0.4, -0.2) is 103 Å². The van der Waals surface area contributed by atoms with Crippen LogP contribution in [0.15, 0.2) is 24.5 Å². The van der Waals surface area contributed by atoms with Gasteiger partial charge >= 0.3 is 12.0 Å². The van der Waals surface area contributed by atoms with Crippen LogP contribution in [0.3, 0.4) is 0 Å². The summed E-state index contributed by atoms with van der Waals surface area (Å²) in [6.45, 7) is 2.84. The molecule has 0 bridgehead atoms. The van der Waals surface area contributed by atoms with E-state index in [2.05, 4.69) is 20.0 Å². The Morgan fingerprint density at radius 2 is 2.02 bits per heavy atom. The summed E-state index contributed by atoms with van der Waals surface area (Å²) in [7, 11) is 0. The highest BCUT2D eigenvalue weighted by molar-refractivity contribution is 6.34. The van der Waals surface area contributed by atoms with Gasteiger partial charge in [0.25, 0.3) is 0 Å². The fraction of sp³-hybridized carbons (Fsp3) is 0.541. The predicted molar refractivity (Wildman–Crippen MR) is 192 cm³/mol. The molecule has 3 aromatic heterocycles. The number of fused-ring (bicyclic) bond motifs is 3. The zero-order valence-electron chi connectivity index (χ0n) is 28.8. The number of β-amino-alcohol motifs (C(OH)–C–C–N with tert-alkyl or cyclic N) is 1. The molecule has 2 N–H and O–H groups in total. The molecular formula is C37H42ClF2N7O5. The summed E-state index contributed by atoms with van der Waals surface area (Å²) in [5.74, 6) is -1.26. The van der Waals surface area contributed by atoms with E-state index < -0.39 is 29.6 Å². The molecule has 4 saturated heterocycles. The van der Waals surface area contributed by atoms with E-state index >= 15 is 4.39 Å². The minimum atomic E-state index is -0.936. The van der Waals surface area contributed by atoms with Gasteiger partial charge in [0.2, 0.25) is 0 Å². The molecule has 12 nitrogen and oxygen atoms in total. The maximum absolute atomic E-state index is 17.3. The van der Waals surface area contributed by atoms with Gasteiger partial charge in [0, 0.05) is 61.8 Å². The van der Waals surface area contributed by atoms with E-state index in [-0.39, 0.29) is 42.9 Å². The smallest absolute Gasteiger partial charge is 0.319 e. The number of hydrogen-bond donors (Lipinski definition) is 2. The Morgan fingerprint density at radius 3 is 2.83 bits per heavy atom. The van der Waals surface area contributed by atoms with Crippen LogP contribution in [0.1, 0.15) is 76.0 Å². The number of piperidine rings is 1. The number of aromatic nitrogens is 5. The number of anilines is 1. The number of nitrogens with zero attached hydrogens (tertiary/aromatic N) is 7. The summed E-state index contributed by atoms with van der Waals surface area (Å²) in [6.07, 6.45) is 11.1. The van der Waals surface area contributed by atoms with Crippen molar-refractivity contribution in [1.29, 1.82) is 0 Å². The second-order valence-corrected chi connectivity index (χ2v) is 14.9. The molecule has 4 aromatic rings. The van der Waals surface area contributed by atoms with Crippen molar-refractivity contribution in [2.24, 2.45) is 0 Å². The van der Waals surface area contributed by atoms with Crippen molar-refractivity contribution < 1.29 is 33.3 Å². The Hall–Kier alpha value is -3.98. The van der Waals surface area contributed by atoms with Crippen LogP contribution in [0.4, 0.5) is 14.6 Å². The van der Waals surface area contributed by atoms with E-state index in [4.69, 9.17) is 26.1 Å². The highest BCUT2D eigenvalue weighted by Crippen LogP contribution is 2.43. The maximum Gasteiger partial charge on any atom is 0.319 e. The minimum Gasteiger partial charge on any atom is -0.481 e. The number of pyridine rings is 1. The van der Waals surface area contributed by atoms with Crippen LogP contribution in [0.5, 0.6) is 6.01 Å². The maximum atomic E-state index is 17.3. The number of carboxylic acid groups (broad SMARTS) is 1. The van der Waals surface area contributed by atoms with Crippen molar-refractivity contribution in [1.82, 2.24) is 29.6 Å². The number of aliphatic hydroxyl groups is 1. The summed E-state index contributed by atoms with van der Waals surface area (Å²) in [6, 6.07) is 1.74. The van der Waals surface area contributed by atoms with Gasteiger partial charge in [-0.05, 0) is 64.0 Å². The number of aliphatic hydroxyl groups excluding tert-OH is 1. The van der Waals surface area contributed by atoms with Crippen molar-refractivity contribution in [3.63, 3.8) is 0 Å². The van der Waals surface area contributed by atoms with Crippen LogP contribution in [-0.2, 0) is 9.53 Å². The van der Waals surface area contributed by atoms with Crippen LogP contribution in [0.2, 0.25) is 5.02 Å². The first-order chi connectivity index (χ1) is 25.2. The Kier molecular flexibility index (Phi) is 9.74. The normalized spacial score (nSPS) is 25.5. The van der Waals surface area contributed by atoms with Crippen molar-refractivity contribution in [3.8, 4) is 17.3 Å². The highest BCUT2D eigenvalue weighted by atomic mass is 35.5. The van der Waals surface area contributed by atoms with Crippen molar-refractivity contribution >= 4 is 51.3 Å². The monoisotopic (exact) mass is 737 g/mol. The van der Waals surface area contributed by atoms with Crippen LogP contribution < -0.4 is 9.64 Å². The van der Waals surface area contributed by atoms with Gasteiger partial charge in [-0.2, -0.15) is 15.1 Å². The van der Waals surface area contributed by atoms with E-state index in [1.165, 1.54) is 6.20 Å². The molecule has 4 aliphatic heterocycles. The topological polar surface area (TPSA) is 139 Å². The molecule has 276 valence electrons. The molecule has 4 fully saturated rings. The van der Waals surface area contributed by atoms with E-state index in [1.54, 1.807) is 29.1 Å². The molecule has 0 spiro atoms. The van der Waals surface area contributed by atoms with Crippen molar-refractivity contribution in [2.45, 2.75) is 88.3 Å². The number of rotatable bonds is 10. The molecule has 7 heterocycles. The fourth-order valence-corrected chi connectivity index (χ4v) is 8.70. The molecule has 0 saturated carbocycles. The third-order valence-electron chi connectivity index (χ3n) is 10.9. The van der Waals surface area contributed by atoms with Crippen LogP contribution >= 0.6 is 11.6 Å². The lowest BCUT2D eigenvalue weighted by Gasteiger charge is -2.32. The van der Waals surface area contributed by atoms with Crippen molar-refractivity contribution in [3.05, 3.63) is 40.9 Å². The average Bonchev–Trinajstić information content (AvgIpc) is 3.81. The summed E-state index contributed by atoms with van der Waals surface area (Å²) < 4.78 is 46.0. The quantitative estimate of drug-likeness (QED) is 0.189. The predicted octanol–water partition coefficient (Wildman–Crippen LogP) is 6.33. The van der Waals surface area contributed by atoms with Gasteiger partial charge in [-0.15, -0.1) is 0 Å². The number of alkyl halides is 1. The molecule has 0 aliphatic carbocycles. The first kappa shape index (κ1) is 35.1. The SMILES string of the molecule is O=C(O)CC/C=C\c1c(Cl)cc2c(cnn2C2CCCCO2)c1-c1ncc2c(N3CCC[C@@H](O)C3)nc(OC[C@@]34CCCN3C[C@H](F)C4)nc2c1F. The van der Waals surface area contributed by atoms with Gasteiger partial charge in [-0.3, -0.25) is 14.7 Å². The summed E-state index contributed by atoms with van der Waals surface area (Å²) in [5.41, 5.74) is 0.991. The molecule has 15 heteroatoms. The molecule has 0 amide bonds. The Balaban J connectivity index is 1.27. The number of hydrogen-bond acceptors (Lipinski definition) is 10. The van der Waals surface area contributed by atoms with Gasteiger partial charge in [0.1, 0.15) is 29.8 Å². The second kappa shape index (κ2) is 14.4. The Morgan fingerprint density at radius 1 is 1.13 bits per heavy atom. The molecule has 1 aromatic carbocycles. The van der Waals surface area contributed by atoms with Gasteiger partial charge in [-0.1, -0.05) is 23.8 Å². The van der Waals surface area contributed by atoms with Crippen molar-refractivity contribution in [2.75, 3.05) is 44.3 Å². The third kappa shape index (κ3) is 6.58. The lowest BCUT2D eigenvalue weighted by molar-refractivity contribution is -0.136. The lowest BCUT2D eigenvalue weighted by atomic mass is 9.95. The molecule has 0 radical (unpaired) electrons. The number of aliphatic carboxylic acids is 1. The Bertz CT molecular complexity index is 2020. The third-order valence-corrected chi connectivity index (χ3v) is 11.3. The largest absolute Gasteiger partial charge is 0.481 e. The van der Waals surface area contributed by atoms with E-state index in [1.807, 2.05) is 4.90 Å². The van der Waals surface area contributed by atoms with Gasteiger partial charge in [0.05, 0.1) is 33.8 Å². The highest BCUT2D eigenvalue weighted by Gasteiger charge is 2.49. The molecule has 1 unspecified atom stereocenters. The Labute approximate surface area is 304 Å². The first-order valence-corrected chi connectivity index (χ1v) is 18.6. The van der Waals surface area contributed by atoms with E-state index in [0.717, 1.165) is 45.1 Å². The van der Waals surface area contributed by atoms with E-state index in [9.17, 15) is 19.4 Å². The molecule has 8 rings (SSSR count). The van der Waals surface area contributed by atoms with Crippen LogP contribution in [0.25, 0.3) is 39.1 Å². The zero-order valence-corrected chi connectivity index (χ0v) is 29.6. The fourth-order valence-electron chi connectivity index (χ4n) is 8.44. The van der Waals surface area contributed by atoms with Crippen LogP contribution in [0, 0.1) is 5.82 Å². The zero-order chi connectivity index (χ0) is 36.0. The van der Waals surface area contributed by atoms with Gasteiger partial charge in [-0.25, -0.2) is 13.5 Å². The molecular weight excluding hydrogens is 696 g/mol. The van der Waals surface area contributed by atoms with Gasteiger partial charge in [0.15, 0.2) is 12.0 Å². The number of carbonyl (C=O) groups is 1. The number of allylic oxidation sites excluding steroid dienone is 1. The van der Waals surface area contributed by atoms with Gasteiger partial charge < -0.3 is 24.6 Å². The summed E-state index contributed by atoms with van der Waals surface area (Å²) in [4.78, 5) is 29.3. The number of benzene rings is 1. The summed E-state index contributed by atoms with van der Waals surface area (Å²) in [5, 5.41) is 25.7. The average molecular weight is 738 g/mol. The molecule has 4 atom stereocenters. The number of ether oxygens (including phenoxy) is 2. The standard InChI is InChI=1S/C37H42ClF2N7O5/c38-27-15-28-25(18-42-47(28)29-9-3-4-14-51-29)31(24(27)8-1-2-10-30(49)50)34-32(40)33-26(17-41-34)35(45-12-5-7-23(48)20-45)44-36(43-33)52-21-37-11-6-13-46(37)19-22(39)16-37/h1,8,15,17-18,22-23,29,48H,2-7,9-14,16,19-21H2,(H,49,50)/b8-1-/t22-,23-,29?,37+/m1/s1. The second-order valence-electron chi connectivity index (χ2n) is 14.4. The van der Waals surface area contributed by atoms with E-state index in [0.29, 0.717) is 77.3 Å².